The van der Waals surface area contributed by atoms with E-state index in [9.17, 15) is 4.79 Å². The smallest absolute Gasteiger partial charge is 0.289 e. The van der Waals surface area contributed by atoms with Crippen molar-refractivity contribution < 1.29 is 18.7 Å². The number of anilines is 1. The third kappa shape index (κ3) is 6.34. The van der Waals surface area contributed by atoms with E-state index in [1.165, 1.54) is 17.3 Å². The van der Waals surface area contributed by atoms with Gasteiger partial charge in [-0.3, -0.25) is 9.69 Å². The van der Waals surface area contributed by atoms with Gasteiger partial charge in [-0.1, -0.05) is 48.2 Å². The van der Waals surface area contributed by atoms with Crippen LogP contribution in [0.25, 0.3) is 11.3 Å². The number of fused-ring (bicyclic) bond motifs is 1. The minimum Gasteiger partial charge on any atom is -0.455 e. The van der Waals surface area contributed by atoms with Gasteiger partial charge in [0, 0.05) is 57.9 Å². The summed E-state index contributed by atoms with van der Waals surface area (Å²) in [6.07, 6.45) is 0. The van der Waals surface area contributed by atoms with Gasteiger partial charge in [0.25, 0.3) is 5.91 Å². The third-order valence-corrected chi connectivity index (χ3v) is 8.21. The molecule has 4 heterocycles. The largest absolute Gasteiger partial charge is 0.455 e. The zero-order valence-corrected chi connectivity index (χ0v) is 24.1. The van der Waals surface area contributed by atoms with Crippen LogP contribution in [0.3, 0.4) is 0 Å². The van der Waals surface area contributed by atoms with Gasteiger partial charge in [0.15, 0.2) is 22.4 Å². The molecule has 0 unspecified atom stereocenters. The number of aromatic nitrogens is 2. The first kappa shape index (κ1) is 27.2. The third-order valence-electron chi connectivity index (χ3n) is 7.34. The summed E-state index contributed by atoms with van der Waals surface area (Å²) < 4.78 is 16.8. The summed E-state index contributed by atoms with van der Waals surface area (Å²) in [5.41, 5.74) is 3.16. The average molecular weight is 572 g/mol. The number of amides is 1. The second-order valence-corrected chi connectivity index (χ2v) is 11.0. The van der Waals surface area contributed by atoms with Crippen LogP contribution in [0, 0.1) is 0 Å². The number of carbonyl (C=O) groups is 1. The molecule has 2 aliphatic rings. The molecule has 1 fully saturated rings. The lowest BCUT2D eigenvalue weighted by Gasteiger charge is -2.35. The highest BCUT2D eigenvalue weighted by Gasteiger charge is 2.22. The minimum absolute atomic E-state index is 0.119. The molecule has 2 aliphatic heterocycles. The Labute approximate surface area is 244 Å². The van der Waals surface area contributed by atoms with Crippen molar-refractivity contribution in [2.75, 3.05) is 51.5 Å². The number of nitrogens with zero attached hydrogens (tertiary/aromatic N) is 5. The Kier molecular flexibility index (Phi) is 8.11. The molecule has 4 aromatic rings. The predicted octanol–water partition coefficient (Wildman–Crippen LogP) is 5.17. The summed E-state index contributed by atoms with van der Waals surface area (Å²) >= 11 is 1.51. The first-order valence-electron chi connectivity index (χ1n) is 13.8. The van der Waals surface area contributed by atoms with Crippen LogP contribution < -0.4 is 14.4 Å². The molecule has 0 radical (unpaired) electrons. The van der Waals surface area contributed by atoms with Gasteiger partial charge < -0.3 is 23.7 Å². The Hall–Kier alpha value is -4.02. The minimum atomic E-state index is -0.119. The highest BCUT2D eigenvalue weighted by atomic mass is 32.2. The summed E-state index contributed by atoms with van der Waals surface area (Å²) in [7, 11) is 1.76. The Morgan fingerprint density at radius 1 is 0.951 bits per heavy atom. The maximum atomic E-state index is 12.4. The fourth-order valence-electron chi connectivity index (χ4n) is 4.87. The van der Waals surface area contributed by atoms with Crippen molar-refractivity contribution in [2.45, 2.75) is 24.4 Å². The lowest BCUT2D eigenvalue weighted by atomic mass is 10.1. The highest BCUT2D eigenvalue weighted by molar-refractivity contribution is 7.98. The lowest BCUT2D eigenvalue weighted by Crippen LogP contribution is -2.46. The van der Waals surface area contributed by atoms with E-state index in [-0.39, 0.29) is 5.91 Å². The second kappa shape index (κ2) is 12.2. The van der Waals surface area contributed by atoms with Crippen molar-refractivity contribution >= 4 is 23.5 Å². The van der Waals surface area contributed by atoms with Gasteiger partial charge in [-0.15, -0.1) is 0 Å². The number of piperazine rings is 1. The number of hydrogen-bond donors (Lipinski definition) is 0. The van der Waals surface area contributed by atoms with Crippen LogP contribution in [0.15, 0.2) is 76.3 Å². The van der Waals surface area contributed by atoms with Crippen LogP contribution in [0.4, 0.5) is 5.82 Å². The molecule has 6 rings (SSSR count). The van der Waals surface area contributed by atoms with Gasteiger partial charge in [0.05, 0.1) is 11.4 Å². The van der Waals surface area contributed by atoms with Gasteiger partial charge in [-0.25, -0.2) is 9.97 Å². The van der Waals surface area contributed by atoms with Crippen molar-refractivity contribution in [1.29, 1.82) is 0 Å². The van der Waals surface area contributed by atoms with Gasteiger partial charge in [-0.2, -0.15) is 0 Å². The van der Waals surface area contributed by atoms with E-state index in [2.05, 4.69) is 40.1 Å². The molecule has 0 atom stereocenters. The monoisotopic (exact) mass is 571 g/mol. The van der Waals surface area contributed by atoms with Crippen LogP contribution in [0.1, 0.15) is 28.8 Å². The first-order chi connectivity index (χ1) is 20.1. The molecular formula is C31H33N5O4S. The van der Waals surface area contributed by atoms with E-state index in [0.29, 0.717) is 30.0 Å². The van der Waals surface area contributed by atoms with Gasteiger partial charge in [-0.05, 0) is 36.8 Å². The maximum absolute atomic E-state index is 12.4. The number of thioether (sulfide) groups is 1. The predicted molar refractivity (Wildman–Crippen MR) is 158 cm³/mol. The zero-order chi connectivity index (χ0) is 28.2. The highest BCUT2D eigenvalue weighted by Crippen LogP contribution is 2.33. The Balaban J connectivity index is 1.14. The number of benzene rings is 2. The van der Waals surface area contributed by atoms with Crippen LogP contribution in [-0.2, 0) is 12.3 Å². The normalized spacial score (nSPS) is 14.8. The molecule has 212 valence electrons. The van der Waals surface area contributed by atoms with E-state index in [0.717, 1.165) is 67.1 Å². The molecule has 1 amide bonds. The van der Waals surface area contributed by atoms with Crippen LogP contribution in [0.2, 0.25) is 0 Å². The first-order valence-corrected chi connectivity index (χ1v) is 14.8. The molecule has 0 aliphatic carbocycles. The Morgan fingerprint density at radius 2 is 1.76 bits per heavy atom. The molecular weight excluding hydrogens is 538 g/mol. The molecule has 0 spiro atoms. The zero-order valence-electron chi connectivity index (χ0n) is 23.3. The summed E-state index contributed by atoms with van der Waals surface area (Å²) in [6.45, 7) is 7.31. The average Bonchev–Trinajstić information content (AvgIpc) is 3.70. The standard InChI is InChI=1S/C31H33N5O4S/c1-3-34(2)30(37)27-12-10-24(40-27)20-41-31-32-25(23-7-5-4-6-8-23)18-29(33-31)36-15-13-35(14-16-36)19-22-9-11-26-28(17-22)39-21-38-26/h4-12,17-18H,3,13-16,19-21H2,1-2H3. The van der Waals surface area contributed by atoms with Crippen LogP contribution in [-0.4, -0.2) is 72.2 Å². The summed E-state index contributed by atoms with van der Waals surface area (Å²) in [4.78, 5) is 28.7. The number of hydrogen-bond acceptors (Lipinski definition) is 9. The number of carbonyl (C=O) groups excluding carboxylic acids is 1. The molecule has 0 bridgehead atoms. The Morgan fingerprint density at radius 3 is 2.56 bits per heavy atom. The van der Waals surface area contributed by atoms with Crippen LogP contribution >= 0.6 is 11.8 Å². The van der Waals surface area contributed by atoms with Crippen molar-refractivity contribution in [3.05, 3.63) is 83.8 Å². The van der Waals surface area contributed by atoms with Crippen molar-refractivity contribution in [3.63, 3.8) is 0 Å². The quantitative estimate of drug-likeness (QED) is 0.200. The SMILES string of the molecule is CCN(C)C(=O)c1ccc(CSc2nc(-c3ccccc3)cc(N3CCN(Cc4ccc5c(c4)OCO5)CC3)n2)o1. The van der Waals surface area contributed by atoms with E-state index in [1.807, 2.05) is 37.3 Å². The molecule has 10 heteroatoms. The number of furan rings is 1. The summed E-state index contributed by atoms with van der Waals surface area (Å²) in [6, 6.07) is 22.0. The molecule has 1 saturated heterocycles. The van der Waals surface area contributed by atoms with E-state index in [4.69, 9.17) is 23.9 Å². The molecule has 41 heavy (non-hydrogen) atoms. The van der Waals surface area contributed by atoms with E-state index >= 15 is 0 Å². The fourth-order valence-corrected chi connectivity index (χ4v) is 5.61. The molecule has 9 nitrogen and oxygen atoms in total. The topological polar surface area (TPSA) is 84.2 Å². The van der Waals surface area contributed by atoms with Crippen LogP contribution in [0.5, 0.6) is 11.5 Å². The van der Waals surface area contributed by atoms with Crippen molar-refractivity contribution in [2.24, 2.45) is 0 Å². The van der Waals surface area contributed by atoms with Gasteiger partial charge in [0.1, 0.15) is 11.6 Å². The van der Waals surface area contributed by atoms with Crippen molar-refractivity contribution in [3.8, 4) is 22.8 Å². The fraction of sp³-hybridized carbons (Fsp3) is 0.323. The van der Waals surface area contributed by atoms with E-state index in [1.54, 1.807) is 18.0 Å². The molecule has 0 N–H and O–H groups in total. The lowest BCUT2D eigenvalue weighted by molar-refractivity contribution is 0.0769. The van der Waals surface area contributed by atoms with E-state index < -0.39 is 0 Å². The maximum Gasteiger partial charge on any atom is 0.289 e. The number of ether oxygens (including phenoxy) is 2. The van der Waals surface area contributed by atoms with Gasteiger partial charge in [0.2, 0.25) is 6.79 Å². The molecule has 2 aromatic carbocycles. The summed E-state index contributed by atoms with van der Waals surface area (Å²) in [5.74, 6) is 4.04. The molecule has 2 aromatic heterocycles. The second-order valence-electron chi connectivity index (χ2n) is 10.1. The number of rotatable bonds is 9. The molecule has 0 saturated carbocycles. The summed E-state index contributed by atoms with van der Waals surface area (Å²) in [5, 5.41) is 0.680. The Bertz CT molecular complexity index is 1500. The van der Waals surface area contributed by atoms with Crippen molar-refractivity contribution in [1.82, 2.24) is 19.8 Å². The van der Waals surface area contributed by atoms with Gasteiger partial charge >= 0.3 is 0 Å².